The first kappa shape index (κ1) is 15.2. The van der Waals surface area contributed by atoms with Crippen LogP contribution in [0.1, 0.15) is 31.0 Å². The number of nitrogens with zero attached hydrogens (tertiary/aromatic N) is 4. The van der Waals surface area contributed by atoms with Crippen LogP contribution in [0.4, 0.5) is 11.8 Å². The molecule has 0 spiro atoms. The van der Waals surface area contributed by atoms with Crippen molar-refractivity contribution >= 4 is 11.8 Å². The standard InChI is InChI=1S/C16H23N5/c1-4-5-10-21(3)15-11-13(2)19-16(20-15)18-12-14-6-8-17-9-7-14/h6-9,11H,4-5,10,12H2,1-3H3,(H,18,19,20). The fraction of sp³-hybridized carbons (Fsp3) is 0.438. The molecule has 112 valence electrons. The van der Waals surface area contributed by atoms with Gasteiger partial charge in [0, 0.05) is 44.3 Å². The Kier molecular flexibility index (Phi) is 5.49. The summed E-state index contributed by atoms with van der Waals surface area (Å²) >= 11 is 0. The van der Waals surface area contributed by atoms with Crippen LogP contribution in [0.3, 0.4) is 0 Å². The second kappa shape index (κ2) is 7.57. The summed E-state index contributed by atoms with van der Waals surface area (Å²) in [6, 6.07) is 5.99. The van der Waals surface area contributed by atoms with Crippen molar-refractivity contribution in [1.29, 1.82) is 0 Å². The van der Waals surface area contributed by atoms with Crippen LogP contribution in [0.15, 0.2) is 30.6 Å². The zero-order chi connectivity index (χ0) is 15.1. The average Bonchev–Trinajstić information content (AvgIpc) is 2.51. The Morgan fingerprint density at radius 2 is 1.95 bits per heavy atom. The Balaban J connectivity index is 2.04. The van der Waals surface area contributed by atoms with Gasteiger partial charge in [-0.25, -0.2) is 4.98 Å². The fourth-order valence-corrected chi connectivity index (χ4v) is 2.02. The normalized spacial score (nSPS) is 10.4. The Hall–Kier alpha value is -2.17. The van der Waals surface area contributed by atoms with Gasteiger partial charge in [-0.05, 0) is 31.0 Å². The minimum atomic E-state index is 0.671. The summed E-state index contributed by atoms with van der Waals surface area (Å²) in [7, 11) is 2.07. The number of hydrogen-bond donors (Lipinski definition) is 1. The van der Waals surface area contributed by atoms with Crippen LogP contribution in [-0.2, 0) is 6.54 Å². The van der Waals surface area contributed by atoms with Crippen LogP contribution in [-0.4, -0.2) is 28.5 Å². The molecule has 2 aromatic heterocycles. The minimum absolute atomic E-state index is 0.671. The molecule has 0 saturated heterocycles. The summed E-state index contributed by atoms with van der Waals surface area (Å²) < 4.78 is 0. The highest BCUT2D eigenvalue weighted by atomic mass is 15.2. The molecule has 0 bridgehead atoms. The summed E-state index contributed by atoms with van der Waals surface area (Å²) in [5.41, 5.74) is 2.14. The van der Waals surface area contributed by atoms with Crippen LogP contribution in [0.2, 0.25) is 0 Å². The molecule has 0 unspecified atom stereocenters. The first-order chi connectivity index (χ1) is 10.2. The van der Waals surface area contributed by atoms with Gasteiger partial charge in [-0.15, -0.1) is 0 Å². The van der Waals surface area contributed by atoms with Crippen LogP contribution < -0.4 is 10.2 Å². The molecule has 0 amide bonds. The zero-order valence-corrected chi connectivity index (χ0v) is 13.0. The van der Waals surface area contributed by atoms with Crippen molar-refractivity contribution in [3.8, 4) is 0 Å². The van der Waals surface area contributed by atoms with Crippen molar-refractivity contribution in [3.63, 3.8) is 0 Å². The number of hydrogen-bond acceptors (Lipinski definition) is 5. The van der Waals surface area contributed by atoms with E-state index in [0.29, 0.717) is 12.5 Å². The number of aryl methyl sites for hydroxylation is 1. The molecule has 0 radical (unpaired) electrons. The molecule has 2 heterocycles. The number of aromatic nitrogens is 3. The first-order valence-corrected chi connectivity index (χ1v) is 7.38. The molecule has 5 heteroatoms. The predicted octanol–water partition coefficient (Wildman–Crippen LogP) is 3.03. The molecule has 0 fully saturated rings. The Morgan fingerprint density at radius 1 is 1.19 bits per heavy atom. The van der Waals surface area contributed by atoms with E-state index in [1.807, 2.05) is 25.1 Å². The molecule has 2 rings (SSSR count). The first-order valence-electron chi connectivity index (χ1n) is 7.38. The van der Waals surface area contributed by atoms with Gasteiger partial charge >= 0.3 is 0 Å². The van der Waals surface area contributed by atoms with E-state index in [4.69, 9.17) is 0 Å². The van der Waals surface area contributed by atoms with Crippen LogP contribution in [0, 0.1) is 6.92 Å². The molecule has 1 N–H and O–H groups in total. The van der Waals surface area contributed by atoms with Crippen molar-refractivity contribution < 1.29 is 0 Å². The lowest BCUT2D eigenvalue weighted by molar-refractivity contribution is 0.757. The highest BCUT2D eigenvalue weighted by molar-refractivity contribution is 5.44. The summed E-state index contributed by atoms with van der Waals surface area (Å²) in [5.74, 6) is 1.64. The molecule has 21 heavy (non-hydrogen) atoms. The van der Waals surface area contributed by atoms with Crippen molar-refractivity contribution in [3.05, 3.63) is 41.9 Å². The third-order valence-electron chi connectivity index (χ3n) is 3.28. The lowest BCUT2D eigenvalue weighted by Gasteiger charge is -2.19. The summed E-state index contributed by atoms with van der Waals surface area (Å²) in [4.78, 5) is 15.2. The molecule has 0 aliphatic carbocycles. The van der Waals surface area contributed by atoms with Crippen LogP contribution in [0.5, 0.6) is 0 Å². The smallest absolute Gasteiger partial charge is 0.225 e. The molecule has 0 aliphatic rings. The zero-order valence-electron chi connectivity index (χ0n) is 13.0. The Labute approximate surface area is 126 Å². The van der Waals surface area contributed by atoms with E-state index in [2.05, 4.69) is 39.1 Å². The van der Waals surface area contributed by atoms with E-state index < -0.39 is 0 Å². The SMILES string of the molecule is CCCCN(C)c1cc(C)nc(NCc2ccncc2)n1. The monoisotopic (exact) mass is 285 g/mol. The van der Waals surface area contributed by atoms with Crippen molar-refractivity contribution in [2.75, 3.05) is 23.8 Å². The quantitative estimate of drug-likeness (QED) is 0.847. The molecule has 0 atom stereocenters. The lowest BCUT2D eigenvalue weighted by atomic mass is 10.3. The topological polar surface area (TPSA) is 53.9 Å². The van der Waals surface area contributed by atoms with Gasteiger partial charge in [-0.1, -0.05) is 13.3 Å². The summed E-state index contributed by atoms with van der Waals surface area (Å²) in [6.45, 7) is 5.90. The van der Waals surface area contributed by atoms with E-state index in [1.54, 1.807) is 12.4 Å². The van der Waals surface area contributed by atoms with Gasteiger partial charge < -0.3 is 10.2 Å². The third kappa shape index (κ3) is 4.70. The van der Waals surface area contributed by atoms with Crippen molar-refractivity contribution in [1.82, 2.24) is 15.0 Å². The van der Waals surface area contributed by atoms with Gasteiger partial charge in [-0.2, -0.15) is 4.98 Å². The van der Waals surface area contributed by atoms with Gasteiger partial charge in [0.25, 0.3) is 0 Å². The molecular weight excluding hydrogens is 262 g/mol. The molecule has 0 saturated carbocycles. The highest BCUT2D eigenvalue weighted by Gasteiger charge is 2.06. The summed E-state index contributed by atoms with van der Waals surface area (Å²) in [6.07, 6.45) is 5.93. The Morgan fingerprint density at radius 3 is 2.67 bits per heavy atom. The summed E-state index contributed by atoms with van der Waals surface area (Å²) in [5, 5.41) is 3.28. The fourth-order valence-electron chi connectivity index (χ4n) is 2.02. The Bertz CT molecular complexity index is 556. The maximum absolute atomic E-state index is 4.59. The van der Waals surface area contributed by atoms with Gasteiger partial charge in [0.1, 0.15) is 5.82 Å². The number of rotatable bonds is 7. The van der Waals surface area contributed by atoms with Crippen molar-refractivity contribution in [2.45, 2.75) is 33.2 Å². The van der Waals surface area contributed by atoms with Gasteiger partial charge in [0.15, 0.2) is 0 Å². The second-order valence-electron chi connectivity index (χ2n) is 5.18. The number of nitrogens with one attached hydrogen (secondary N) is 1. The van der Waals surface area contributed by atoms with E-state index >= 15 is 0 Å². The minimum Gasteiger partial charge on any atom is -0.360 e. The lowest BCUT2D eigenvalue weighted by Crippen LogP contribution is -2.20. The van der Waals surface area contributed by atoms with E-state index in [9.17, 15) is 0 Å². The number of pyridine rings is 1. The van der Waals surface area contributed by atoms with E-state index in [1.165, 1.54) is 12.8 Å². The third-order valence-corrected chi connectivity index (χ3v) is 3.28. The van der Waals surface area contributed by atoms with E-state index in [-0.39, 0.29) is 0 Å². The largest absolute Gasteiger partial charge is 0.360 e. The molecule has 0 aromatic carbocycles. The maximum Gasteiger partial charge on any atom is 0.225 e. The molecule has 5 nitrogen and oxygen atoms in total. The van der Waals surface area contributed by atoms with Gasteiger partial charge in [-0.3, -0.25) is 4.98 Å². The van der Waals surface area contributed by atoms with Crippen LogP contribution >= 0.6 is 0 Å². The predicted molar refractivity (Wildman–Crippen MR) is 86.5 cm³/mol. The van der Waals surface area contributed by atoms with Crippen molar-refractivity contribution in [2.24, 2.45) is 0 Å². The van der Waals surface area contributed by atoms with Gasteiger partial charge in [0.2, 0.25) is 5.95 Å². The van der Waals surface area contributed by atoms with Crippen LogP contribution in [0.25, 0.3) is 0 Å². The second-order valence-corrected chi connectivity index (χ2v) is 5.18. The van der Waals surface area contributed by atoms with E-state index in [0.717, 1.165) is 23.6 Å². The number of unbranched alkanes of at least 4 members (excludes halogenated alkanes) is 1. The highest BCUT2D eigenvalue weighted by Crippen LogP contribution is 2.14. The molecular formula is C16H23N5. The molecule has 0 aliphatic heterocycles. The maximum atomic E-state index is 4.59. The average molecular weight is 285 g/mol. The van der Waals surface area contributed by atoms with Gasteiger partial charge in [0.05, 0.1) is 0 Å². The molecule has 2 aromatic rings. The number of anilines is 2.